The summed E-state index contributed by atoms with van der Waals surface area (Å²) < 4.78 is 0. The van der Waals surface area contributed by atoms with E-state index < -0.39 is 0 Å². The van der Waals surface area contributed by atoms with E-state index >= 15 is 0 Å². The van der Waals surface area contributed by atoms with Gasteiger partial charge in [-0.3, -0.25) is 9.59 Å². The number of nitrogens with one attached hydrogen (secondary N) is 2. The lowest BCUT2D eigenvalue weighted by atomic mass is 10.1. The summed E-state index contributed by atoms with van der Waals surface area (Å²) >= 11 is 1.55. The Morgan fingerprint density at radius 2 is 1.87 bits per heavy atom. The van der Waals surface area contributed by atoms with Crippen molar-refractivity contribution in [2.45, 2.75) is 48.2 Å². The minimum Gasteiger partial charge on any atom is -0.339 e. The molecule has 30 heavy (non-hydrogen) atoms. The Hall–Kier alpha value is -2.80. The molecule has 0 radical (unpaired) electrons. The van der Waals surface area contributed by atoms with E-state index in [9.17, 15) is 9.59 Å². The zero-order chi connectivity index (χ0) is 20.5. The number of anilines is 1. The summed E-state index contributed by atoms with van der Waals surface area (Å²) in [5, 5.41) is 3.82. The van der Waals surface area contributed by atoms with Crippen LogP contribution >= 0.6 is 11.8 Å². The van der Waals surface area contributed by atoms with Crippen molar-refractivity contribution >= 4 is 40.3 Å². The lowest BCUT2D eigenvalue weighted by molar-refractivity contribution is -0.129. The van der Waals surface area contributed by atoms with Crippen molar-refractivity contribution in [2.24, 2.45) is 5.92 Å². The fraction of sp³-hybridized carbons (Fsp3) is 0.348. The Morgan fingerprint density at radius 3 is 2.63 bits per heavy atom. The smallest absolute Gasteiger partial charge is 0.229 e. The molecule has 1 aliphatic heterocycles. The van der Waals surface area contributed by atoms with Crippen molar-refractivity contribution < 1.29 is 9.59 Å². The standard InChI is InChI=1S/C23H24N4O2S/c28-21-13-15(14-27(21)17-5-1-2-6-17)22(29)24-16-9-11-18(12-10-16)30-23-25-19-7-3-4-8-20(19)26-23/h3-4,7-12,15,17H,1-2,5-6,13-14H2,(H,24,29)(H,25,26)/t15-/m0/s1. The SMILES string of the molecule is O=C(Nc1ccc(Sc2nc3ccccc3[nH]2)cc1)[C@H]1CC(=O)N(C2CCCC2)C1. The van der Waals surface area contributed by atoms with Gasteiger partial charge in [-0.25, -0.2) is 4.98 Å². The zero-order valence-electron chi connectivity index (χ0n) is 16.6. The highest BCUT2D eigenvalue weighted by molar-refractivity contribution is 7.99. The van der Waals surface area contributed by atoms with Crippen molar-refractivity contribution in [2.75, 3.05) is 11.9 Å². The number of imidazole rings is 1. The highest BCUT2D eigenvalue weighted by atomic mass is 32.2. The second-order valence-corrected chi connectivity index (χ2v) is 9.12. The number of aromatic nitrogens is 2. The van der Waals surface area contributed by atoms with Gasteiger partial charge in [0.2, 0.25) is 11.8 Å². The summed E-state index contributed by atoms with van der Waals surface area (Å²) in [6, 6.07) is 16.0. The fourth-order valence-electron chi connectivity index (χ4n) is 4.42. The average molecular weight is 421 g/mol. The van der Waals surface area contributed by atoms with Crippen LogP contribution in [0.3, 0.4) is 0 Å². The molecule has 0 spiro atoms. The Kier molecular flexibility index (Phi) is 5.21. The van der Waals surface area contributed by atoms with Gasteiger partial charge in [-0.15, -0.1) is 0 Å². The summed E-state index contributed by atoms with van der Waals surface area (Å²) in [7, 11) is 0. The third-order valence-electron chi connectivity index (χ3n) is 6.00. The lowest BCUT2D eigenvalue weighted by Gasteiger charge is -2.23. The van der Waals surface area contributed by atoms with Crippen molar-refractivity contribution in [3.8, 4) is 0 Å². The van der Waals surface area contributed by atoms with E-state index in [2.05, 4.69) is 15.3 Å². The molecule has 1 saturated carbocycles. The normalized spacial score (nSPS) is 19.7. The number of hydrogen-bond acceptors (Lipinski definition) is 4. The number of nitrogens with zero attached hydrogens (tertiary/aromatic N) is 2. The van der Waals surface area contributed by atoms with Crippen LogP contribution in [0.15, 0.2) is 58.6 Å². The first-order valence-electron chi connectivity index (χ1n) is 10.5. The molecule has 0 unspecified atom stereocenters. The summed E-state index contributed by atoms with van der Waals surface area (Å²) in [6.45, 7) is 0.551. The monoisotopic (exact) mass is 420 g/mol. The largest absolute Gasteiger partial charge is 0.339 e. The van der Waals surface area contributed by atoms with Crippen LogP contribution in [0, 0.1) is 5.92 Å². The third-order valence-corrected chi connectivity index (χ3v) is 6.89. The number of carbonyl (C=O) groups is 2. The predicted molar refractivity (Wildman–Crippen MR) is 117 cm³/mol. The molecule has 7 heteroatoms. The van der Waals surface area contributed by atoms with Crippen LogP contribution in [0.4, 0.5) is 5.69 Å². The number of likely N-dealkylation sites (tertiary alicyclic amines) is 1. The van der Waals surface area contributed by atoms with E-state index in [4.69, 9.17) is 0 Å². The summed E-state index contributed by atoms with van der Waals surface area (Å²) in [6.07, 6.45) is 4.84. The minimum absolute atomic E-state index is 0.0680. The van der Waals surface area contributed by atoms with Gasteiger partial charge >= 0.3 is 0 Å². The van der Waals surface area contributed by atoms with Gasteiger partial charge in [-0.05, 0) is 49.2 Å². The molecule has 1 aromatic heterocycles. The molecule has 3 aromatic rings. The lowest BCUT2D eigenvalue weighted by Crippen LogP contribution is -2.35. The first-order valence-corrected chi connectivity index (χ1v) is 11.3. The van der Waals surface area contributed by atoms with E-state index in [1.54, 1.807) is 11.8 Å². The van der Waals surface area contributed by atoms with Gasteiger partial charge in [-0.1, -0.05) is 36.7 Å². The highest BCUT2D eigenvalue weighted by Gasteiger charge is 2.38. The maximum Gasteiger partial charge on any atom is 0.229 e. The van der Waals surface area contributed by atoms with Crippen LogP contribution in [0.2, 0.25) is 0 Å². The number of para-hydroxylation sites is 2. The van der Waals surface area contributed by atoms with Gasteiger partial charge in [-0.2, -0.15) is 0 Å². The number of H-pyrrole nitrogens is 1. The van der Waals surface area contributed by atoms with E-state index in [1.807, 2.05) is 53.4 Å². The molecule has 1 atom stereocenters. The van der Waals surface area contributed by atoms with E-state index in [0.29, 0.717) is 19.0 Å². The molecule has 154 valence electrons. The Balaban J connectivity index is 1.19. The molecule has 2 amide bonds. The van der Waals surface area contributed by atoms with Gasteiger partial charge in [0.25, 0.3) is 0 Å². The first-order chi connectivity index (χ1) is 14.7. The first kappa shape index (κ1) is 19.2. The quantitative estimate of drug-likeness (QED) is 0.639. The van der Waals surface area contributed by atoms with Crippen molar-refractivity contribution in [1.82, 2.24) is 14.9 Å². The third kappa shape index (κ3) is 3.94. The van der Waals surface area contributed by atoms with Crippen molar-refractivity contribution in [1.29, 1.82) is 0 Å². The predicted octanol–water partition coefficient (Wildman–Crippen LogP) is 4.44. The van der Waals surface area contributed by atoms with Crippen LogP contribution in [0.1, 0.15) is 32.1 Å². The van der Waals surface area contributed by atoms with Crippen LogP contribution in [-0.2, 0) is 9.59 Å². The number of hydrogen-bond donors (Lipinski definition) is 2. The minimum atomic E-state index is -0.261. The molecule has 2 fully saturated rings. The molecule has 2 aliphatic rings. The van der Waals surface area contributed by atoms with Crippen LogP contribution < -0.4 is 5.32 Å². The maximum atomic E-state index is 12.7. The molecule has 2 aromatic carbocycles. The number of fused-ring (bicyclic) bond motifs is 1. The number of aromatic amines is 1. The number of carbonyl (C=O) groups excluding carboxylic acids is 2. The van der Waals surface area contributed by atoms with E-state index in [0.717, 1.165) is 39.6 Å². The van der Waals surface area contributed by atoms with Gasteiger partial charge in [0.1, 0.15) is 0 Å². The molecule has 1 aliphatic carbocycles. The van der Waals surface area contributed by atoms with Crippen molar-refractivity contribution in [3.63, 3.8) is 0 Å². The summed E-state index contributed by atoms with van der Waals surface area (Å²) in [5.74, 6) is -0.205. The second kappa shape index (κ2) is 8.14. The van der Waals surface area contributed by atoms with Crippen LogP contribution in [0.25, 0.3) is 11.0 Å². The number of rotatable bonds is 5. The van der Waals surface area contributed by atoms with E-state index in [1.165, 1.54) is 12.8 Å². The Bertz CT molecular complexity index is 1040. The Morgan fingerprint density at radius 1 is 1.10 bits per heavy atom. The summed E-state index contributed by atoms with van der Waals surface area (Å²) in [4.78, 5) is 35.9. The molecule has 1 saturated heterocycles. The van der Waals surface area contributed by atoms with E-state index in [-0.39, 0.29) is 17.7 Å². The van der Waals surface area contributed by atoms with Gasteiger partial charge in [0, 0.05) is 29.6 Å². The fourth-order valence-corrected chi connectivity index (χ4v) is 5.22. The van der Waals surface area contributed by atoms with Crippen LogP contribution in [-0.4, -0.2) is 39.3 Å². The van der Waals surface area contributed by atoms with Crippen LogP contribution in [0.5, 0.6) is 0 Å². The zero-order valence-corrected chi connectivity index (χ0v) is 17.5. The molecule has 5 rings (SSSR count). The van der Waals surface area contributed by atoms with Gasteiger partial charge < -0.3 is 15.2 Å². The topological polar surface area (TPSA) is 78.1 Å². The molecule has 6 nitrogen and oxygen atoms in total. The molecule has 0 bridgehead atoms. The van der Waals surface area contributed by atoms with Crippen molar-refractivity contribution in [3.05, 3.63) is 48.5 Å². The molecular formula is C23H24N4O2S. The number of amides is 2. The second-order valence-electron chi connectivity index (χ2n) is 8.06. The average Bonchev–Trinajstić information content (AvgIpc) is 3.48. The highest BCUT2D eigenvalue weighted by Crippen LogP contribution is 2.31. The number of benzene rings is 2. The summed E-state index contributed by atoms with van der Waals surface area (Å²) in [5.41, 5.74) is 2.71. The molecule has 2 N–H and O–H groups in total. The molecular weight excluding hydrogens is 396 g/mol. The van der Waals surface area contributed by atoms with Gasteiger partial charge in [0.05, 0.1) is 17.0 Å². The van der Waals surface area contributed by atoms with Gasteiger partial charge in [0.15, 0.2) is 5.16 Å². The molecule has 2 heterocycles. The maximum absolute atomic E-state index is 12.7. The Labute approximate surface area is 179 Å².